The molecule has 1 atom stereocenters. The summed E-state index contributed by atoms with van der Waals surface area (Å²) in [6, 6.07) is 11.6. The molecule has 0 unspecified atom stereocenters. The van der Waals surface area contributed by atoms with E-state index in [9.17, 15) is 9.59 Å². The topological polar surface area (TPSA) is 88.7 Å². The lowest BCUT2D eigenvalue weighted by atomic mass is 9.93. The standard InChI is InChI=1S/C23H24ClN3O4/c1-4-10-31-21-17(11-16(24)12-18(21)30-3)20-19(14(2)26-23(29)27-20)22(28)25-13-15-8-6-5-7-9-15/h4-9,11-12,20H,1,10,13H2,2-3H3,(H,25,28)(H2,26,27,29)/t20-/m1/s1. The smallest absolute Gasteiger partial charge is 0.319 e. The van der Waals surface area contributed by atoms with Crippen LogP contribution in [0.25, 0.3) is 0 Å². The molecule has 3 N–H and O–H groups in total. The van der Waals surface area contributed by atoms with Crippen molar-refractivity contribution in [1.82, 2.24) is 16.0 Å². The molecule has 1 aliphatic heterocycles. The Morgan fingerprint density at radius 1 is 1.29 bits per heavy atom. The molecule has 0 saturated carbocycles. The van der Waals surface area contributed by atoms with Gasteiger partial charge in [0.2, 0.25) is 0 Å². The number of benzene rings is 2. The van der Waals surface area contributed by atoms with Crippen molar-refractivity contribution in [2.45, 2.75) is 19.5 Å². The van der Waals surface area contributed by atoms with E-state index < -0.39 is 12.1 Å². The molecule has 2 aromatic rings. The Morgan fingerprint density at radius 3 is 2.71 bits per heavy atom. The minimum atomic E-state index is -0.795. The molecular weight excluding hydrogens is 418 g/mol. The van der Waals surface area contributed by atoms with Crippen LogP contribution in [-0.2, 0) is 11.3 Å². The maximum Gasteiger partial charge on any atom is 0.319 e. The maximum absolute atomic E-state index is 13.2. The second kappa shape index (κ2) is 10.0. The first-order valence-corrected chi connectivity index (χ1v) is 10.0. The van der Waals surface area contributed by atoms with Crippen molar-refractivity contribution in [3.8, 4) is 11.5 Å². The fourth-order valence-corrected chi connectivity index (χ4v) is 3.57. The van der Waals surface area contributed by atoms with Crippen molar-refractivity contribution in [2.24, 2.45) is 0 Å². The number of carbonyl (C=O) groups excluding carboxylic acids is 2. The summed E-state index contributed by atoms with van der Waals surface area (Å²) >= 11 is 6.29. The van der Waals surface area contributed by atoms with E-state index in [1.54, 1.807) is 25.1 Å². The molecule has 0 spiro atoms. The monoisotopic (exact) mass is 441 g/mol. The van der Waals surface area contributed by atoms with Gasteiger partial charge in [-0.1, -0.05) is 54.6 Å². The van der Waals surface area contributed by atoms with Gasteiger partial charge in [-0.05, 0) is 18.6 Å². The molecular formula is C23H24ClN3O4. The number of carbonyl (C=O) groups is 2. The Bertz CT molecular complexity index is 1020. The average molecular weight is 442 g/mol. The molecule has 31 heavy (non-hydrogen) atoms. The minimum absolute atomic E-state index is 0.210. The number of allylic oxidation sites excluding steroid dienone is 1. The molecule has 0 fully saturated rings. The lowest BCUT2D eigenvalue weighted by Crippen LogP contribution is -2.47. The van der Waals surface area contributed by atoms with E-state index in [0.717, 1.165) is 5.56 Å². The summed E-state index contributed by atoms with van der Waals surface area (Å²) in [4.78, 5) is 25.4. The van der Waals surface area contributed by atoms with Crippen LogP contribution in [0.3, 0.4) is 0 Å². The Kier molecular flexibility index (Phi) is 7.20. The predicted octanol–water partition coefficient (Wildman–Crippen LogP) is 3.86. The predicted molar refractivity (Wildman–Crippen MR) is 119 cm³/mol. The molecule has 0 aromatic heterocycles. The highest BCUT2D eigenvalue weighted by Crippen LogP contribution is 2.41. The van der Waals surface area contributed by atoms with Gasteiger partial charge in [0.05, 0.1) is 18.7 Å². The van der Waals surface area contributed by atoms with Crippen LogP contribution in [0.5, 0.6) is 11.5 Å². The summed E-state index contributed by atoms with van der Waals surface area (Å²) in [5, 5.41) is 8.75. The minimum Gasteiger partial charge on any atom is -0.493 e. The zero-order valence-electron chi connectivity index (χ0n) is 17.3. The highest BCUT2D eigenvalue weighted by Gasteiger charge is 2.34. The number of ether oxygens (including phenoxy) is 2. The van der Waals surface area contributed by atoms with Gasteiger partial charge in [0.1, 0.15) is 6.61 Å². The second-order valence-corrected chi connectivity index (χ2v) is 7.30. The van der Waals surface area contributed by atoms with Crippen LogP contribution in [0, 0.1) is 0 Å². The third-order valence-electron chi connectivity index (χ3n) is 4.73. The van der Waals surface area contributed by atoms with Gasteiger partial charge in [-0.25, -0.2) is 4.79 Å². The van der Waals surface area contributed by atoms with Crippen LogP contribution < -0.4 is 25.4 Å². The van der Waals surface area contributed by atoms with E-state index in [0.29, 0.717) is 39.9 Å². The first-order chi connectivity index (χ1) is 14.9. The SMILES string of the molecule is C=CCOc1c(OC)cc(Cl)cc1[C@H]1NC(=O)NC(C)=C1C(=O)NCc1ccccc1. The highest BCUT2D eigenvalue weighted by molar-refractivity contribution is 6.30. The molecule has 3 rings (SSSR count). The number of hydrogen-bond acceptors (Lipinski definition) is 4. The van der Waals surface area contributed by atoms with Crippen LogP contribution in [0.1, 0.15) is 24.1 Å². The highest BCUT2D eigenvalue weighted by atomic mass is 35.5. The van der Waals surface area contributed by atoms with Crippen molar-refractivity contribution in [3.63, 3.8) is 0 Å². The molecule has 0 bridgehead atoms. The first kappa shape index (κ1) is 22.2. The molecule has 2 aromatic carbocycles. The van der Waals surface area contributed by atoms with Gasteiger partial charge in [-0.2, -0.15) is 0 Å². The third kappa shape index (κ3) is 5.19. The van der Waals surface area contributed by atoms with Gasteiger partial charge in [0.15, 0.2) is 11.5 Å². The number of amides is 3. The van der Waals surface area contributed by atoms with Crippen molar-refractivity contribution in [2.75, 3.05) is 13.7 Å². The molecule has 0 radical (unpaired) electrons. The largest absolute Gasteiger partial charge is 0.493 e. The Labute approximate surface area is 186 Å². The quantitative estimate of drug-likeness (QED) is 0.543. The number of methoxy groups -OCH3 is 1. The van der Waals surface area contributed by atoms with Gasteiger partial charge < -0.3 is 25.4 Å². The fraction of sp³-hybridized carbons (Fsp3) is 0.217. The van der Waals surface area contributed by atoms with Crippen molar-refractivity contribution < 1.29 is 19.1 Å². The second-order valence-electron chi connectivity index (χ2n) is 6.86. The van der Waals surface area contributed by atoms with E-state index in [1.165, 1.54) is 7.11 Å². The van der Waals surface area contributed by atoms with Gasteiger partial charge in [-0.15, -0.1) is 0 Å². The lowest BCUT2D eigenvalue weighted by molar-refractivity contribution is -0.118. The van der Waals surface area contributed by atoms with Crippen LogP contribution in [0.2, 0.25) is 5.02 Å². The maximum atomic E-state index is 13.2. The van der Waals surface area contributed by atoms with E-state index in [4.69, 9.17) is 21.1 Å². The van der Waals surface area contributed by atoms with Gasteiger partial charge >= 0.3 is 6.03 Å². The van der Waals surface area contributed by atoms with E-state index in [-0.39, 0.29) is 12.5 Å². The van der Waals surface area contributed by atoms with E-state index >= 15 is 0 Å². The summed E-state index contributed by atoms with van der Waals surface area (Å²) in [6.07, 6.45) is 1.59. The summed E-state index contributed by atoms with van der Waals surface area (Å²) in [5.74, 6) is 0.437. The van der Waals surface area contributed by atoms with Crippen LogP contribution in [0.15, 0.2) is 66.4 Å². The molecule has 0 aliphatic carbocycles. The van der Waals surface area contributed by atoms with Gasteiger partial charge in [-0.3, -0.25) is 4.79 Å². The summed E-state index contributed by atoms with van der Waals surface area (Å²) in [5.41, 5.74) is 2.25. The van der Waals surface area contributed by atoms with E-state index in [2.05, 4.69) is 22.5 Å². The van der Waals surface area contributed by atoms with Crippen molar-refractivity contribution in [3.05, 3.63) is 82.5 Å². The lowest BCUT2D eigenvalue weighted by Gasteiger charge is -2.30. The van der Waals surface area contributed by atoms with Gasteiger partial charge in [0, 0.05) is 28.9 Å². The number of rotatable bonds is 8. The van der Waals surface area contributed by atoms with E-state index in [1.807, 2.05) is 30.3 Å². The van der Waals surface area contributed by atoms with Crippen LogP contribution in [-0.4, -0.2) is 25.7 Å². The van der Waals surface area contributed by atoms with Crippen LogP contribution in [0.4, 0.5) is 4.79 Å². The number of nitrogens with one attached hydrogen (secondary N) is 3. The Morgan fingerprint density at radius 2 is 2.03 bits per heavy atom. The third-order valence-corrected chi connectivity index (χ3v) is 4.95. The fourth-order valence-electron chi connectivity index (χ4n) is 3.35. The summed E-state index contributed by atoms with van der Waals surface area (Å²) in [6.45, 7) is 5.90. The number of urea groups is 1. The molecule has 1 heterocycles. The zero-order valence-corrected chi connectivity index (χ0v) is 18.1. The molecule has 162 valence electrons. The molecule has 3 amide bonds. The first-order valence-electron chi connectivity index (χ1n) is 9.66. The Hall–Kier alpha value is -3.45. The van der Waals surface area contributed by atoms with Crippen LogP contribution >= 0.6 is 11.6 Å². The Balaban J connectivity index is 2.00. The molecule has 0 saturated heterocycles. The zero-order chi connectivity index (χ0) is 22.4. The molecule has 7 nitrogen and oxygen atoms in total. The average Bonchev–Trinajstić information content (AvgIpc) is 2.76. The number of halogens is 1. The summed E-state index contributed by atoms with van der Waals surface area (Å²) in [7, 11) is 1.49. The van der Waals surface area contributed by atoms with Crippen molar-refractivity contribution >= 4 is 23.5 Å². The molecule has 1 aliphatic rings. The summed E-state index contributed by atoms with van der Waals surface area (Å²) < 4.78 is 11.2. The van der Waals surface area contributed by atoms with Crippen molar-refractivity contribution in [1.29, 1.82) is 0 Å². The number of hydrogen-bond donors (Lipinski definition) is 3. The molecule has 8 heteroatoms. The normalized spacial score (nSPS) is 15.6. The van der Waals surface area contributed by atoms with Gasteiger partial charge in [0.25, 0.3) is 5.91 Å².